The van der Waals surface area contributed by atoms with Crippen molar-refractivity contribution in [3.05, 3.63) is 65.7 Å². The molecule has 21 heteroatoms. The highest BCUT2D eigenvalue weighted by molar-refractivity contribution is 5.97. The largest absolute Gasteiger partial charge is 0.508 e. The summed E-state index contributed by atoms with van der Waals surface area (Å²) in [5, 5.41) is 36.8. The number of nitrogens with two attached hydrogens (primary N) is 2. The molecule has 1 fully saturated rings. The second kappa shape index (κ2) is 24.7. The Balaban J connectivity index is 1.69. The molecule has 0 radical (unpaired) electrons. The van der Waals surface area contributed by atoms with Crippen molar-refractivity contribution in [1.82, 2.24) is 42.1 Å². The van der Waals surface area contributed by atoms with Gasteiger partial charge in [0.15, 0.2) is 0 Å². The fraction of sp³-hybridized carbons (Fsp3) is 0.500. The van der Waals surface area contributed by atoms with Crippen molar-refractivity contribution < 1.29 is 53.4 Å². The number of carbonyl (C=O) groups is 9. The van der Waals surface area contributed by atoms with E-state index in [1.807, 2.05) is 13.8 Å². The van der Waals surface area contributed by atoms with Crippen LogP contribution in [0.5, 0.6) is 5.75 Å². The van der Waals surface area contributed by atoms with Gasteiger partial charge in [0.2, 0.25) is 53.2 Å². The van der Waals surface area contributed by atoms with Crippen molar-refractivity contribution >= 4 is 53.2 Å². The number of hydrogen-bond acceptors (Lipinski definition) is 12. The van der Waals surface area contributed by atoms with Gasteiger partial charge in [0.1, 0.15) is 42.0 Å². The van der Waals surface area contributed by atoms with E-state index in [4.69, 9.17) is 11.5 Å². The van der Waals surface area contributed by atoms with Crippen LogP contribution in [0.3, 0.4) is 0 Å². The summed E-state index contributed by atoms with van der Waals surface area (Å²) < 4.78 is 0. The number of phenols is 1. The molecule has 7 unspecified atom stereocenters. The molecule has 344 valence electrons. The summed E-state index contributed by atoms with van der Waals surface area (Å²) in [4.78, 5) is 118. The summed E-state index contributed by atoms with van der Waals surface area (Å²) in [5.74, 6) is -6.45. The SMILES string of the molecule is CC(C)CC(NC(=O)CNC(=O)C(Cc1ccccc1)NC(=O)C(C)NC(=O)C(Cc1ccc(O)cc1)NC(=O)C1CCCN1C(=O)CNC(=O)CNC(=O)C(N)C(C)O)C(N)=O. The third-order valence-electron chi connectivity index (χ3n) is 10.0. The summed E-state index contributed by atoms with van der Waals surface area (Å²) in [7, 11) is 0. The van der Waals surface area contributed by atoms with Gasteiger partial charge in [0.05, 0.1) is 25.7 Å². The standard InChI is InChI=1S/C42H60N10O11/c1-23(2)17-29(37(44)58)49-34(56)21-46-39(60)30(18-26-9-6-5-7-10-26)50-38(59)24(3)48-40(61)31(19-27-12-14-28(54)15-13-27)51-41(62)32-11-8-16-52(32)35(57)22-45-33(55)20-47-42(63)36(43)25(4)53/h5-7,9-10,12-15,23-25,29-32,36,53-54H,8,11,16-22,43H2,1-4H3,(H2,44,58)(H,45,55)(H,46,60)(H,47,63)(H,48,61)(H,49,56)(H,50,59)(H,51,62). The molecule has 1 aliphatic rings. The minimum Gasteiger partial charge on any atom is -0.508 e. The van der Waals surface area contributed by atoms with Crippen LogP contribution in [-0.4, -0.2) is 137 Å². The Morgan fingerprint density at radius 2 is 1.27 bits per heavy atom. The number of rotatable bonds is 23. The van der Waals surface area contributed by atoms with E-state index in [1.54, 1.807) is 30.3 Å². The highest BCUT2D eigenvalue weighted by Crippen LogP contribution is 2.19. The maximum Gasteiger partial charge on any atom is 0.243 e. The summed E-state index contributed by atoms with van der Waals surface area (Å²) >= 11 is 0. The van der Waals surface area contributed by atoms with Gasteiger partial charge in [-0.2, -0.15) is 0 Å². The minimum atomic E-state index is -1.30. The monoisotopic (exact) mass is 880 g/mol. The van der Waals surface area contributed by atoms with Gasteiger partial charge < -0.3 is 63.8 Å². The summed E-state index contributed by atoms with van der Waals surface area (Å²) in [5.41, 5.74) is 12.2. The van der Waals surface area contributed by atoms with Crippen molar-refractivity contribution in [2.75, 3.05) is 26.2 Å². The van der Waals surface area contributed by atoms with Gasteiger partial charge in [-0.25, -0.2) is 0 Å². The Morgan fingerprint density at radius 1 is 0.683 bits per heavy atom. The van der Waals surface area contributed by atoms with Gasteiger partial charge in [0.25, 0.3) is 0 Å². The maximum absolute atomic E-state index is 13.9. The number of aliphatic hydroxyl groups is 1. The van der Waals surface area contributed by atoms with E-state index < -0.39 is 115 Å². The van der Waals surface area contributed by atoms with E-state index in [1.165, 1.54) is 43.0 Å². The molecule has 0 aliphatic carbocycles. The fourth-order valence-corrected chi connectivity index (χ4v) is 6.51. The molecule has 0 spiro atoms. The van der Waals surface area contributed by atoms with Crippen LogP contribution in [-0.2, 0) is 56.0 Å². The van der Waals surface area contributed by atoms with Gasteiger partial charge in [-0.05, 0) is 62.3 Å². The first kappa shape index (κ1) is 50.7. The van der Waals surface area contributed by atoms with Crippen LogP contribution in [0.2, 0.25) is 0 Å². The lowest BCUT2D eigenvalue weighted by Gasteiger charge is -2.27. The van der Waals surface area contributed by atoms with Crippen molar-refractivity contribution in [2.45, 2.75) is 102 Å². The van der Waals surface area contributed by atoms with Gasteiger partial charge in [-0.15, -0.1) is 0 Å². The van der Waals surface area contributed by atoms with Crippen LogP contribution >= 0.6 is 0 Å². The van der Waals surface area contributed by atoms with Crippen LogP contribution in [0.1, 0.15) is 58.1 Å². The number of likely N-dealkylation sites (tertiary alicyclic amines) is 1. The molecule has 1 aliphatic heterocycles. The number of hydrogen-bond donors (Lipinski definition) is 11. The topological polar surface area (TPSA) is 334 Å². The zero-order valence-electron chi connectivity index (χ0n) is 35.8. The molecule has 13 N–H and O–H groups in total. The van der Waals surface area contributed by atoms with E-state index in [0.29, 0.717) is 24.0 Å². The predicted octanol–water partition coefficient (Wildman–Crippen LogP) is -3.28. The van der Waals surface area contributed by atoms with Crippen molar-refractivity contribution in [3.8, 4) is 5.75 Å². The number of carbonyl (C=O) groups excluding carboxylic acids is 9. The van der Waals surface area contributed by atoms with Crippen LogP contribution < -0.4 is 48.7 Å². The van der Waals surface area contributed by atoms with Crippen LogP contribution in [0.15, 0.2) is 54.6 Å². The van der Waals surface area contributed by atoms with Gasteiger partial charge in [-0.1, -0.05) is 56.3 Å². The molecule has 3 rings (SSSR count). The van der Waals surface area contributed by atoms with Crippen LogP contribution in [0.25, 0.3) is 0 Å². The van der Waals surface area contributed by atoms with Crippen molar-refractivity contribution in [2.24, 2.45) is 17.4 Å². The molecular weight excluding hydrogens is 821 g/mol. The predicted molar refractivity (Wildman–Crippen MR) is 227 cm³/mol. The molecule has 7 atom stereocenters. The number of aliphatic hydroxyl groups excluding tert-OH is 1. The number of nitrogens with one attached hydrogen (secondary N) is 7. The third kappa shape index (κ3) is 17.0. The molecule has 1 saturated heterocycles. The number of aromatic hydroxyl groups is 1. The first-order valence-electron chi connectivity index (χ1n) is 20.6. The van der Waals surface area contributed by atoms with E-state index >= 15 is 0 Å². The molecule has 2 aromatic rings. The van der Waals surface area contributed by atoms with Crippen LogP contribution in [0.4, 0.5) is 0 Å². The van der Waals surface area contributed by atoms with Gasteiger partial charge >= 0.3 is 0 Å². The number of primary amides is 1. The molecule has 2 aromatic carbocycles. The second-order valence-electron chi connectivity index (χ2n) is 15.8. The molecule has 0 aromatic heterocycles. The maximum atomic E-state index is 13.9. The first-order chi connectivity index (χ1) is 29.7. The molecule has 0 saturated carbocycles. The lowest BCUT2D eigenvalue weighted by molar-refractivity contribution is -0.140. The number of benzene rings is 2. The number of amides is 9. The lowest BCUT2D eigenvalue weighted by Crippen LogP contribution is -2.58. The van der Waals surface area contributed by atoms with Crippen molar-refractivity contribution in [3.63, 3.8) is 0 Å². The molecule has 63 heavy (non-hydrogen) atoms. The Hall–Kier alpha value is -6.61. The molecule has 21 nitrogen and oxygen atoms in total. The Labute approximate surface area is 365 Å². The first-order valence-corrected chi connectivity index (χ1v) is 20.6. The zero-order chi connectivity index (χ0) is 46.8. The molecular formula is C42H60N10O11. The average molecular weight is 881 g/mol. The molecule has 0 bridgehead atoms. The molecule has 1 heterocycles. The Morgan fingerprint density at radius 3 is 1.87 bits per heavy atom. The number of phenolic OH excluding ortho intramolecular Hbond substituents is 1. The van der Waals surface area contributed by atoms with Gasteiger partial charge in [0, 0.05) is 19.4 Å². The van der Waals surface area contributed by atoms with E-state index in [0.717, 1.165) is 0 Å². The Bertz CT molecular complexity index is 1930. The second-order valence-corrected chi connectivity index (χ2v) is 15.8. The van der Waals surface area contributed by atoms with E-state index in [2.05, 4.69) is 37.2 Å². The normalized spacial score (nSPS) is 16.2. The summed E-state index contributed by atoms with van der Waals surface area (Å²) in [6.45, 7) is 5.02. The summed E-state index contributed by atoms with van der Waals surface area (Å²) in [6.07, 6.45) is -0.277. The quantitative estimate of drug-likeness (QED) is 0.0524. The molecule has 9 amide bonds. The number of nitrogens with zero attached hydrogens (tertiary/aromatic N) is 1. The smallest absolute Gasteiger partial charge is 0.243 e. The van der Waals surface area contributed by atoms with E-state index in [-0.39, 0.29) is 37.5 Å². The highest BCUT2D eigenvalue weighted by Gasteiger charge is 2.37. The zero-order valence-corrected chi connectivity index (χ0v) is 35.8. The Kier molecular flexibility index (Phi) is 19.9. The lowest BCUT2D eigenvalue weighted by atomic mass is 10.0. The van der Waals surface area contributed by atoms with Crippen LogP contribution in [0, 0.1) is 5.92 Å². The van der Waals surface area contributed by atoms with E-state index in [9.17, 15) is 53.4 Å². The fourth-order valence-electron chi connectivity index (χ4n) is 6.51. The van der Waals surface area contributed by atoms with Crippen molar-refractivity contribution in [1.29, 1.82) is 0 Å². The van der Waals surface area contributed by atoms with Gasteiger partial charge in [-0.3, -0.25) is 43.2 Å². The minimum absolute atomic E-state index is 0.00696. The third-order valence-corrected chi connectivity index (χ3v) is 10.0. The average Bonchev–Trinajstić information content (AvgIpc) is 3.74. The summed E-state index contributed by atoms with van der Waals surface area (Å²) in [6, 6.07) is 7.58. The highest BCUT2D eigenvalue weighted by atomic mass is 16.3.